The molecule has 3 N–H and O–H groups in total. The van der Waals surface area contributed by atoms with E-state index in [4.69, 9.17) is 5.73 Å². The minimum atomic E-state index is 0.522. The highest BCUT2D eigenvalue weighted by Crippen LogP contribution is 2.26. The molecule has 1 heterocycles. The number of benzene rings is 1. The summed E-state index contributed by atoms with van der Waals surface area (Å²) >= 11 is 0. The normalized spacial score (nSPS) is 11.4. The van der Waals surface area contributed by atoms with Gasteiger partial charge >= 0.3 is 0 Å². The Morgan fingerprint density at radius 1 is 1.36 bits per heavy atom. The van der Waals surface area contributed by atoms with E-state index in [1.54, 1.807) is 0 Å². The Bertz CT molecular complexity index is 469. The zero-order valence-corrected chi connectivity index (χ0v) is 8.76. The highest BCUT2D eigenvalue weighted by Gasteiger charge is 2.08. The van der Waals surface area contributed by atoms with Crippen LogP contribution in [0.15, 0.2) is 12.1 Å². The molecule has 2 rings (SSSR count). The molecule has 74 valence electrons. The number of nitrogens with one attached hydrogen (secondary N) is 1. The van der Waals surface area contributed by atoms with Crippen molar-refractivity contribution in [3.63, 3.8) is 0 Å². The minimum absolute atomic E-state index is 0.522. The number of hydrogen-bond acceptors (Lipinski definition) is 2. The molecular formula is C11H15N3. The van der Waals surface area contributed by atoms with Crippen LogP contribution in [-0.2, 0) is 0 Å². The Balaban J connectivity index is 2.74. The first-order valence-corrected chi connectivity index (χ1v) is 4.83. The molecule has 0 aliphatic rings. The van der Waals surface area contributed by atoms with Gasteiger partial charge in [0.05, 0.1) is 5.52 Å². The molecule has 3 heteroatoms. The first-order chi connectivity index (χ1) is 6.59. The highest BCUT2D eigenvalue weighted by atomic mass is 15.1. The van der Waals surface area contributed by atoms with Crippen LogP contribution in [0.25, 0.3) is 10.9 Å². The Morgan fingerprint density at radius 3 is 2.71 bits per heavy atom. The highest BCUT2D eigenvalue weighted by molar-refractivity contribution is 5.89. The van der Waals surface area contributed by atoms with Crippen LogP contribution in [0.1, 0.15) is 30.9 Å². The summed E-state index contributed by atoms with van der Waals surface area (Å²) in [6.07, 6.45) is 0. The van der Waals surface area contributed by atoms with E-state index >= 15 is 0 Å². The SMILES string of the molecule is Cc1cc2[nH]nc(N)c2cc1C(C)C. The first-order valence-electron chi connectivity index (χ1n) is 4.83. The molecule has 0 saturated carbocycles. The summed E-state index contributed by atoms with van der Waals surface area (Å²) in [5.41, 5.74) is 9.40. The molecule has 2 aromatic rings. The second-order valence-electron chi connectivity index (χ2n) is 4.02. The van der Waals surface area contributed by atoms with Crippen molar-refractivity contribution in [1.82, 2.24) is 10.2 Å². The van der Waals surface area contributed by atoms with E-state index in [0.29, 0.717) is 11.7 Å². The largest absolute Gasteiger partial charge is 0.382 e. The quantitative estimate of drug-likeness (QED) is 0.724. The van der Waals surface area contributed by atoms with Crippen LogP contribution >= 0.6 is 0 Å². The third kappa shape index (κ3) is 1.25. The molecule has 0 atom stereocenters. The van der Waals surface area contributed by atoms with Crippen molar-refractivity contribution in [3.05, 3.63) is 23.3 Å². The maximum atomic E-state index is 5.75. The lowest BCUT2D eigenvalue weighted by molar-refractivity contribution is 0.859. The molecule has 0 aliphatic carbocycles. The lowest BCUT2D eigenvalue weighted by Crippen LogP contribution is -1.92. The van der Waals surface area contributed by atoms with Crippen LogP contribution in [0.4, 0.5) is 5.82 Å². The van der Waals surface area contributed by atoms with Gasteiger partial charge < -0.3 is 5.73 Å². The number of anilines is 1. The fraction of sp³-hybridized carbons (Fsp3) is 0.364. The molecule has 0 amide bonds. The van der Waals surface area contributed by atoms with Gasteiger partial charge in [-0.2, -0.15) is 5.10 Å². The molecule has 0 unspecified atom stereocenters. The minimum Gasteiger partial charge on any atom is -0.382 e. The topological polar surface area (TPSA) is 54.7 Å². The maximum absolute atomic E-state index is 5.75. The standard InChI is InChI=1S/C11H15N3/c1-6(2)8-5-9-10(4-7(8)3)13-14-11(9)12/h4-6H,1-3H3,(H3,12,13,14). The zero-order chi connectivity index (χ0) is 10.3. The Morgan fingerprint density at radius 2 is 2.07 bits per heavy atom. The zero-order valence-electron chi connectivity index (χ0n) is 8.76. The number of fused-ring (bicyclic) bond motifs is 1. The molecule has 0 radical (unpaired) electrons. The number of nitrogens with two attached hydrogens (primary N) is 1. The van der Waals surface area contributed by atoms with E-state index in [0.717, 1.165) is 10.9 Å². The summed E-state index contributed by atoms with van der Waals surface area (Å²) in [5, 5.41) is 7.94. The van der Waals surface area contributed by atoms with Gasteiger partial charge in [0, 0.05) is 5.39 Å². The third-order valence-electron chi connectivity index (χ3n) is 2.60. The van der Waals surface area contributed by atoms with E-state index in [1.807, 2.05) is 0 Å². The van der Waals surface area contributed by atoms with Crippen molar-refractivity contribution in [1.29, 1.82) is 0 Å². The molecule has 14 heavy (non-hydrogen) atoms. The molecule has 0 fully saturated rings. The number of aromatic amines is 1. The average molecular weight is 189 g/mol. The molecule has 0 aliphatic heterocycles. The number of aryl methyl sites for hydroxylation is 1. The summed E-state index contributed by atoms with van der Waals surface area (Å²) < 4.78 is 0. The van der Waals surface area contributed by atoms with Crippen LogP contribution in [0.3, 0.4) is 0 Å². The van der Waals surface area contributed by atoms with Crippen LogP contribution in [0, 0.1) is 6.92 Å². The van der Waals surface area contributed by atoms with Gasteiger partial charge in [-0.3, -0.25) is 5.10 Å². The maximum Gasteiger partial charge on any atom is 0.153 e. The predicted octanol–water partition coefficient (Wildman–Crippen LogP) is 2.58. The summed E-state index contributed by atoms with van der Waals surface area (Å²) in [5.74, 6) is 1.11. The average Bonchev–Trinajstić information content (AvgIpc) is 2.46. The van der Waals surface area contributed by atoms with Crippen molar-refractivity contribution >= 4 is 16.7 Å². The molecule has 0 bridgehead atoms. The lowest BCUT2D eigenvalue weighted by Gasteiger charge is -2.09. The van der Waals surface area contributed by atoms with E-state index in [9.17, 15) is 0 Å². The van der Waals surface area contributed by atoms with E-state index in [2.05, 4.69) is 43.1 Å². The monoisotopic (exact) mass is 189 g/mol. The number of H-pyrrole nitrogens is 1. The molecule has 0 spiro atoms. The Labute approximate surface area is 83.3 Å². The number of nitrogen functional groups attached to an aromatic ring is 1. The van der Waals surface area contributed by atoms with Crippen LogP contribution < -0.4 is 5.73 Å². The van der Waals surface area contributed by atoms with Crippen molar-refractivity contribution in [2.45, 2.75) is 26.7 Å². The van der Waals surface area contributed by atoms with Crippen LogP contribution in [-0.4, -0.2) is 10.2 Å². The molecule has 3 nitrogen and oxygen atoms in total. The van der Waals surface area contributed by atoms with Crippen molar-refractivity contribution in [3.8, 4) is 0 Å². The van der Waals surface area contributed by atoms with Crippen molar-refractivity contribution < 1.29 is 0 Å². The van der Waals surface area contributed by atoms with E-state index in [-0.39, 0.29) is 0 Å². The summed E-state index contributed by atoms with van der Waals surface area (Å²) in [7, 11) is 0. The lowest BCUT2D eigenvalue weighted by atomic mass is 9.96. The van der Waals surface area contributed by atoms with Crippen molar-refractivity contribution in [2.75, 3.05) is 5.73 Å². The number of aromatic nitrogens is 2. The van der Waals surface area contributed by atoms with Gasteiger partial charge in [0.15, 0.2) is 5.82 Å². The van der Waals surface area contributed by atoms with Crippen LogP contribution in [0.5, 0.6) is 0 Å². The van der Waals surface area contributed by atoms with Gasteiger partial charge in [0.25, 0.3) is 0 Å². The Hall–Kier alpha value is -1.51. The summed E-state index contributed by atoms with van der Waals surface area (Å²) in [6.45, 7) is 6.49. The molecular weight excluding hydrogens is 174 g/mol. The van der Waals surface area contributed by atoms with Gasteiger partial charge in [-0.15, -0.1) is 0 Å². The third-order valence-corrected chi connectivity index (χ3v) is 2.60. The molecule has 1 aromatic heterocycles. The summed E-state index contributed by atoms with van der Waals surface area (Å²) in [6, 6.07) is 4.24. The van der Waals surface area contributed by atoms with Crippen LogP contribution in [0.2, 0.25) is 0 Å². The molecule has 1 aromatic carbocycles. The number of hydrogen-bond donors (Lipinski definition) is 2. The fourth-order valence-electron chi connectivity index (χ4n) is 1.83. The van der Waals surface area contributed by atoms with Gasteiger partial charge in [-0.05, 0) is 36.1 Å². The fourth-order valence-corrected chi connectivity index (χ4v) is 1.83. The van der Waals surface area contributed by atoms with E-state index < -0.39 is 0 Å². The number of rotatable bonds is 1. The summed E-state index contributed by atoms with van der Waals surface area (Å²) in [4.78, 5) is 0. The predicted molar refractivity (Wildman–Crippen MR) is 59.3 cm³/mol. The van der Waals surface area contributed by atoms with Gasteiger partial charge in [0.2, 0.25) is 0 Å². The van der Waals surface area contributed by atoms with Crippen molar-refractivity contribution in [2.24, 2.45) is 0 Å². The Kier molecular flexibility index (Phi) is 1.95. The first kappa shape index (κ1) is 9.06. The van der Waals surface area contributed by atoms with E-state index in [1.165, 1.54) is 11.1 Å². The van der Waals surface area contributed by atoms with Gasteiger partial charge in [0.1, 0.15) is 0 Å². The second-order valence-corrected chi connectivity index (χ2v) is 4.02. The van der Waals surface area contributed by atoms with Gasteiger partial charge in [-0.25, -0.2) is 0 Å². The smallest absolute Gasteiger partial charge is 0.153 e. The van der Waals surface area contributed by atoms with Gasteiger partial charge in [-0.1, -0.05) is 13.8 Å². The number of nitrogens with zero attached hydrogens (tertiary/aromatic N) is 1. The second kappa shape index (κ2) is 3.01. The molecule has 0 saturated heterocycles.